The predicted molar refractivity (Wildman–Crippen MR) is 99.0 cm³/mol. The maximum Gasteiger partial charge on any atom is 0.266 e. The van der Waals surface area contributed by atoms with E-state index in [0.29, 0.717) is 13.1 Å². The van der Waals surface area contributed by atoms with Gasteiger partial charge in [-0.2, -0.15) is 0 Å². The van der Waals surface area contributed by atoms with Crippen LogP contribution in [0.2, 0.25) is 0 Å². The molecular formula is C21H28N2O3. The summed E-state index contributed by atoms with van der Waals surface area (Å²) < 4.78 is 6.11. The minimum atomic E-state index is -0.941. The summed E-state index contributed by atoms with van der Waals surface area (Å²) >= 11 is 0. The number of piperidine rings is 1. The zero-order chi connectivity index (χ0) is 18.4. The van der Waals surface area contributed by atoms with E-state index in [4.69, 9.17) is 4.74 Å². The highest BCUT2D eigenvalue weighted by molar-refractivity contribution is 5.88. The highest BCUT2D eigenvalue weighted by Crippen LogP contribution is 2.38. The predicted octanol–water partition coefficient (Wildman–Crippen LogP) is 2.46. The van der Waals surface area contributed by atoms with Crippen molar-refractivity contribution in [1.82, 2.24) is 10.2 Å². The molecule has 2 heterocycles. The van der Waals surface area contributed by atoms with Gasteiger partial charge in [-0.15, -0.1) is 0 Å². The summed E-state index contributed by atoms with van der Waals surface area (Å²) in [6.07, 6.45) is 6.02. The molecule has 1 spiro atoms. The van der Waals surface area contributed by atoms with E-state index in [0.717, 1.165) is 44.4 Å². The van der Waals surface area contributed by atoms with Gasteiger partial charge in [-0.3, -0.25) is 9.59 Å². The first kappa shape index (κ1) is 17.4. The molecule has 3 aliphatic rings. The lowest BCUT2D eigenvalue weighted by Crippen LogP contribution is -2.51. The first-order chi connectivity index (χ1) is 12.4. The van der Waals surface area contributed by atoms with Crippen LogP contribution in [-0.4, -0.2) is 41.9 Å². The number of rotatable bonds is 3. The molecule has 5 nitrogen and oxygen atoms in total. The molecule has 1 unspecified atom stereocenters. The fourth-order valence-electron chi connectivity index (χ4n) is 4.70. The Morgan fingerprint density at radius 3 is 2.81 bits per heavy atom. The van der Waals surface area contributed by atoms with Crippen molar-refractivity contribution in [1.29, 1.82) is 0 Å². The quantitative estimate of drug-likeness (QED) is 0.905. The van der Waals surface area contributed by atoms with E-state index in [2.05, 4.69) is 17.4 Å². The summed E-state index contributed by atoms with van der Waals surface area (Å²) in [4.78, 5) is 27.3. The van der Waals surface area contributed by atoms with Gasteiger partial charge in [0, 0.05) is 19.6 Å². The summed E-state index contributed by atoms with van der Waals surface area (Å²) in [5.41, 5.74) is 1.40. The van der Waals surface area contributed by atoms with Crippen LogP contribution >= 0.6 is 0 Å². The molecule has 4 rings (SSSR count). The van der Waals surface area contributed by atoms with Crippen LogP contribution < -0.4 is 10.1 Å². The summed E-state index contributed by atoms with van der Waals surface area (Å²) in [7, 11) is 0. The molecule has 5 heteroatoms. The minimum absolute atomic E-state index is 0.0340. The zero-order valence-corrected chi connectivity index (χ0v) is 15.8. The third kappa shape index (κ3) is 2.97. The van der Waals surface area contributed by atoms with Crippen molar-refractivity contribution < 1.29 is 14.3 Å². The Balaban J connectivity index is 1.46. The minimum Gasteiger partial charge on any atom is -0.478 e. The fraction of sp³-hybridized carbons (Fsp3) is 0.619. The molecule has 0 saturated carbocycles. The number of nitrogens with one attached hydrogen (secondary N) is 1. The Kier molecular flexibility index (Phi) is 4.20. The molecule has 2 aliphatic heterocycles. The van der Waals surface area contributed by atoms with Crippen LogP contribution in [0.15, 0.2) is 18.2 Å². The van der Waals surface area contributed by atoms with Crippen molar-refractivity contribution in [2.45, 2.75) is 58.0 Å². The van der Waals surface area contributed by atoms with Crippen LogP contribution in [0.4, 0.5) is 0 Å². The fourth-order valence-corrected chi connectivity index (χ4v) is 4.70. The molecule has 26 heavy (non-hydrogen) atoms. The molecule has 1 atom stereocenters. The number of hydrogen-bond donors (Lipinski definition) is 1. The molecule has 0 bridgehead atoms. The molecule has 1 aromatic rings. The summed E-state index contributed by atoms with van der Waals surface area (Å²) in [6.45, 7) is 5.54. The van der Waals surface area contributed by atoms with E-state index in [1.807, 2.05) is 24.8 Å². The molecule has 2 saturated heterocycles. The van der Waals surface area contributed by atoms with Gasteiger partial charge in [0.15, 0.2) is 5.60 Å². The second-order valence-corrected chi connectivity index (χ2v) is 8.51. The first-order valence-corrected chi connectivity index (χ1v) is 9.78. The number of nitrogens with zero attached hydrogens (tertiary/aromatic N) is 1. The number of carbonyl (C=O) groups is 2. The van der Waals surface area contributed by atoms with Gasteiger partial charge in [-0.05, 0) is 75.6 Å². The second kappa shape index (κ2) is 6.29. The third-order valence-corrected chi connectivity index (χ3v) is 6.20. The van der Waals surface area contributed by atoms with Crippen molar-refractivity contribution in [3.05, 3.63) is 29.3 Å². The zero-order valence-electron chi connectivity index (χ0n) is 15.8. The van der Waals surface area contributed by atoms with Gasteiger partial charge in [0.1, 0.15) is 5.75 Å². The lowest BCUT2D eigenvalue weighted by atomic mass is 9.79. The Bertz CT molecular complexity index is 743. The smallest absolute Gasteiger partial charge is 0.266 e. The lowest BCUT2D eigenvalue weighted by molar-refractivity contribution is -0.145. The second-order valence-electron chi connectivity index (χ2n) is 8.51. The van der Waals surface area contributed by atoms with Crippen LogP contribution in [0, 0.1) is 5.41 Å². The number of hydrogen-bond acceptors (Lipinski definition) is 3. The van der Waals surface area contributed by atoms with Crippen LogP contribution in [-0.2, 0) is 22.4 Å². The number of amides is 2. The lowest BCUT2D eigenvalue weighted by Gasteiger charge is -2.34. The Labute approximate surface area is 155 Å². The molecule has 0 aromatic heterocycles. The number of ether oxygens (including phenoxy) is 1. The van der Waals surface area contributed by atoms with E-state index in [1.54, 1.807) is 0 Å². The Hall–Kier alpha value is -2.04. The van der Waals surface area contributed by atoms with Crippen LogP contribution in [0.25, 0.3) is 0 Å². The largest absolute Gasteiger partial charge is 0.478 e. The first-order valence-electron chi connectivity index (χ1n) is 9.78. The molecule has 1 aromatic carbocycles. The normalized spacial score (nSPS) is 25.3. The summed E-state index contributed by atoms with van der Waals surface area (Å²) in [6, 6.07) is 6.17. The van der Waals surface area contributed by atoms with E-state index >= 15 is 0 Å². The van der Waals surface area contributed by atoms with Crippen molar-refractivity contribution in [3.8, 4) is 5.75 Å². The van der Waals surface area contributed by atoms with E-state index in [9.17, 15) is 9.59 Å². The van der Waals surface area contributed by atoms with Gasteiger partial charge < -0.3 is 15.0 Å². The van der Waals surface area contributed by atoms with E-state index in [-0.39, 0.29) is 11.8 Å². The standard InChI is InChI=1S/C21H28N2O3/c1-20(2,26-17-8-7-15-5-3-6-16(15)13-17)19(25)23-12-10-21(14-23)9-4-11-22-18(21)24/h7-8,13H,3-6,9-12,14H2,1-2H3,(H,22,24). The van der Waals surface area contributed by atoms with Gasteiger partial charge >= 0.3 is 0 Å². The highest BCUT2D eigenvalue weighted by Gasteiger charge is 2.49. The van der Waals surface area contributed by atoms with Gasteiger partial charge in [-0.25, -0.2) is 0 Å². The maximum atomic E-state index is 13.1. The van der Waals surface area contributed by atoms with Crippen LogP contribution in [0.5, 0.6) is 5.75 Å². The number of likely N-dealkylation sites (tertiary alicyclic amines) is 1. The SMILES string of the molecule is CC(C)(Oc1ccc2c(c1)CCC2)C(=O)N1CCC2(CCCNC2=O)C1. The third-order valence-electron chi connectivity index (χ3n) is 6.20. The van der Waals surface area contributed by atoms with Crippen molar-refractivity contribution in [3.63, 3.8) is 0 Å². The van der Waals surface area contributed by atoms with Gasteiger partial charge in [0.2, 0.25) is 5.91 Å². The molecule has 140 valence electrons. The Morgan fingerprint density at radius 2 is 2.00 bits per heavy atom. The number of aryl methyl sites for hydroxylation is 2. The highest BCUT2D eigenvalue weighted by atomic mass is 16.5. The number of fused-ring (bicyclic) bond motifs is 1. The average Bonchev–Trinajstić information content (AvgIpc) is 3.24. The molecule has 2 amide bonds. The van der Waals surface area contributed by atoms with E-state index in [1.165, 1.54) is 17.5 Å². The molecule has 1 aliphatic carbocycles. The molecule has 1 N–H and O–H groups in total. The van der Waals surface area contributed by atoms with E-state index < -0.39 is 11.0 Å². The van der Waals surface area contributed by atoms with Crippen molar-refractivity contribution in [2.24, 2.45) is 5.41 Å². The number of benzene rings is 1. The summed E-state index contributed by atoms with van der Waals surface area (Å²) in [5, 5.41) is 2.97. The molecule has 0 radical (unpaired) electrons. The van der Waals surface area contributed by atoms with Gasteiger partial charge in [-0.1, -0.05) is 6.07 Å². The number of carbonyl (C=O) groups excluding carboxylic acids is 2. The van der Waals surface area contributed by atoms with Crippen molar-refractivity contribution >= 4 is 11.8 Å². The maximum absolute atomic E-state index is 13.1. The van der Waals surface area contributed by atoms with Gasteiger partial charge in [0.05, 0.1) is 5.41 Å². The molecular weight excluding hydrogens is 328 g/mol. The van der Waals surface area contributed by atoms with Gasteiger partial charge in [0.25, 0.3) is 5.91 Å². The molecule has 2 fully saturated rings. The Morgan fingerprint density at radius 1 is 1.19 bits per heavy atom. The van der Waals surface area contributed by atoms with Crippen LogP contribution in [0.1, 0.15) is 50.7 Å². The monoisotopic (exact) mass is 356 g/mol. The topological polar surface area (TPSA) is 58.6 Å². The summed E-state index contributed by atoms with van der Waals surface area (Å²) in [5.74, 6) is 0.831. The van der Waals surface area contributed by atoms with Crippen LogP contribution in [0.3, 0.4) is 0 Å². The average molecular weight is 356 g/mol. The van der Waals surface area contributed by atoms with Crippen molar-refractivity contribution in [2.75, 3.05) is 19.6 Å².